The van der Waals surface area contributed by atoms with Crippen molar-refractivity contribution in [2.24, 2.45) is 5.41 Å². The summed E-state index contributed by atoms with van der Waals surface area (Å²) >= 11 is 0. The zero-order chi connectivity index (χ0) is 22.1. The summed E-state index contributed by atoms with van der Waals surface area (Å²) in [5.74, 6) is 0. The zero-order valence-electron chi connectivity index (χ0n) is 16.8. The van der Waals surface area contributed by atoms with Gasteiger partial charge in [0.25, 0.3) is 0 Å². The lowest BCUT2D eigenvalue weighted by Crippen LogP contribution is -2.17. The summed E-state index contributed by atoms with van der Waals surface area (Å²) < 4.78 is 40.6. The van der Waals surface area contributed by atoms with E-state index < -0.39 is 18.1 Å². The number of nitrogens with zero attached hydrogens (tertiary/aromatic N) is 6. The van der Waals surface area contributed by atoms with Gasteiger partial charge in [-0.15, -0.1) is 0 Å². The lowest BCUT2D eigenvalue weighted by molar-refractivity contribution is -0.142. The average Bonchev–Trinajstić information content (AvgIpc) is 3.54. The van der Waals surface area contributed by atoms with Crippen molar-refractivity contribution in [1.82, 2.24) is 24.5 Å². The lowest BCUT2D eigenvalue weighted by atomic mass is 9.93. The van der Waals surface area contributed by atoms with E-state index in [2.05, 4.69) is 21.3 Å². The Balaban J connectivity index is 1.37. The molecule has 160 valence electrons. The molecule has 0 aliphatic heterocycles. The summed E-state index contributed by atoms with van der Waals surface area (Å²) in [4.78, 5) is 4.30. The molecule has 6 rings (SSSR count). The number of halogens is 3. The van der Waals surface area contributed by atoms with Crippen molar-refractivity contribution in [2.45, 2.75) is 37.4 Å². The van der Waals surface area contributed by atoms with E-state index in [1.54, 1.807) is 29.2 Å². The van der Waals surface area contributed by atoms with Crippen LogP contribution in [-0.4, -0.2) is 30.7 Å². The molecular formula is C23H17F3N6. The second-order valence-electron chi connectivity index (χ2n) is 8.75. The van der Waals surface area contributed by atoms with Crippen molar-refractivity contribution in [3.05, 3.63) is 60.7 Å². The third kappa shape index (κ3) is 2.83. The summed E-state index contributed by atoms with van der Waals surface area (Å²) in [6, 6.07) is 12.2. The Bertz CT molecular complexity index is 1410. The third-order valence-electron chi connectivity index (χ3n) is 6.75. The first kappa shape index (κ1) is 19.0. The lowest BCUT2D eigenvalue weighted by Gasteiger charge is -2.10. The Morgan fingerprint density at radius 2 is 1.94 bits per heavy atom. The van der Waals surface area contributed by atoms with E-state index in [4.69, 9.17) is 0 Å². The number of aromatic nitrogens is 5. The number of benzene rings is 1. The van der Waals surface area contributed by atoms with Crippen molar-refractivity contribution in [2.75, 3.05) is 0 Å². The van der Waals surface area contributed by atoms with Crippen LogP contribution in [0.4, 0.5) is 13.2 Å². The summed E-state index contributed by atoms with van der Waals surface area (Å²) in [5, 5.41) is 19.1. The maximum absolute atomic E-state index is 12.6. The fourth-order valence-electron chi connectivity index (χ4n) is 4.81. The molecule has 0 bridgehead atoms. The van der Waals surface area contributed by atoms with Crippen LogP contribution in [0.15, 0.2) is 55.1 Å². The van der Waals surface area contributed by atoms with Crippen molar-refractivity contribution in [3.8, 4) is 23.0 Å². The van der Waals surface area contributed by atoms with E-state index in [1.807, 2.05) is 18.2 Å². The molecule has 3 aromatic heterocycles. The molecule has 9 heteroatoms. The number of nitriles is 1. The second-order valence-corrected chi connectivity index (χ2v) is 8.75. The van der Waals surface area contributed by atoms with Gasteiger partial charge >= 0.3 is 6.18 Å². The first-order valence-corrected chi connectivity index (χ1v) is 10.3. The molecule has 2 aliphatic carbocycles. The molecule has 0 radical (unpaired) electrons. The highest BCUT2D eigenvalue weighted by Crippen LogP contribution is 2.78. The van der Waals surface area contributed by atoms with Crippen LogP contribution < -0.4 is 0 Å². The second kappa shape index (κ2) is 6.19. The SMILES string of the molecule is N#CC1(c2ccc3cnn(-c4ccnc(-c5cnn(CC(F)(F)F)c5)c4)c3c2)CC12CC2. The van der Waals surface area contributed by atoms with Gasteiger partial charge in [-0.1, -0.05) is 12.1 Å². The summed E-state index contributed by atoms with van der Waals surface area (Å²) in [5.41, 5.74) is 3.40. The molecule has 4 aromatic rings. The van der Waals surface area contributed by atoms with Crippen molar-refractivity contribution in [1.29, 1.82) is 5.26 Å². The van der Waals surface area contributed by atoms with Gasteiger partial charge in [-0.25, -0.2) is 4.68 Å². The Morgan fingerprint density at radius 1 is 1.09 bits per heavy atom. The number of rotatable bonds is 4. The fourth-order valence-corrected chi connectivity index (χ4v) is 4.81. The Hall–Kier alpha value is -3.67. The van der Waals surface area contributed by atoms with E-state index in [9.17, 15) is 18.4 Å². The van der Waals surface area contributed by atoms with Gasteiger partial charge in [0, 0.05) is 23.3 Å². The average molecular weight is 434 g/mol. The van der Waals surface area contributed by atoms with Crippen LogP contribution in [0.1, 0.15) is 24.8 Å². The standard InChI is InChI=1S/C23H17F3N6/c24-23(25,26)14-31-11-16(10-29-31)19-8-18(3-6-28-19)32-20-7-17(2-1-15(20)9-30-32)22(13-27)12-21(22)4-5-21/h1-3,6-11H,4-5,12,14H2. The van der Waals surface area contributed by atoms with Crippen LogP contribution in [-0.2, 0) is 12.0 Å². The van der Waals surface area contributed by atoms with E-state index in [0.29, 0.717) is 11.3 Å². The largest absolute Gasteiger partial charge is 0.408 e. The van der Waals surface area contributed by atoms with Crippen LogP contribution in [0.2, 0.25) is 0 Å². The number of hydrogen-bond acceptors (Lipinski definition) is 4. The first-order valence-electron chi connectivity index (χ1n) is 10.3. The molecule has 2 aliphatic rings. The van der Waals surface area contributed by atoms with E-state index in [0.717, 1.165) is 46.1 Å². The van der Waals surface area contributed by atoms with Crippen LogP contribution in [0.3, 0.4) is 0 Å². The monoisotopic (exact) mass is 434 g/mol. The molecule has 1 spiro atoms. The van der Waals surface area contributed by atoms with Crippen LogP contribution in [0, 0.1) is 16.7 Å². The smallest absolute Gasteiger partial charge is 0.263 e. The third-order valence-corrected chi connectivity index (χ3v) is 6.75. The molecule has 2 fully saturated rings. The highest BCUT2D eigenvalue weighted by atomic mass is 19.4. The number of alkyl halides is 3. The molecule has 1 atom stereocenters. The van der Waals surface area contributed by atoms with Gasteiger partial charge < -0.3 is 0 Å². The molecule has 1 aromatic carbocycles. The van der Waals surface area contributed by atoms with E-state index in [-0.39, 0.29) is 5.41 Å². The van der Waals surface area contributed by atoms with Gasteiger partial charge in [0.1, 0.15) is 6.54 Å². The fraction of sp³-hybridized carbons (Fsp3) is 0.304. The van der Waals surface area contributed by atoms with Gasteiger partial charge in [0.15, 0.2) is 0 Å². The highest BCUT2D eigenvalue weighted by Gasteiger charge is 2.75. The van der Waals surface area contributed by atoms with E-state index >= 15 is 0 Å². The molecule has 32 heavy (non-hydrogen) atoms. The minimum Gasteiger partial charge on any atom is -0.263 e. The first-order chi connectivity index (χ1) is 15.3. The van der Waals surface area contributed by atoms with Gasteiger partial charge in [-0.05, 0) is 48.4 Å². The molecule has 6 nitrogen and oxygen atoms in total. The van der Waals surface area contributed by atoms with Gasteiger partial charge in [-0.3, -0.25) is 9.67 Å². The minimum absolute atomic E-state index is 0.167. The molecule has 3 heterocycles. The van der Waals surface area contributed by atoms with Crippen molar-refractivity contribution < 1.29 is 13.2 Å². The van der Waals surface area contributed by atoms with Crippen LogP contribution >= 0.6 is 0 Å². The summed E-state index contributed by atoms with van der Waals surface area (Å²) in [6.45, 7) is -1.15. The molecule has 2 saturated carbocycles. The predicted molar refractivity (Wildman–Crippen MR) is 110 cm³/mol. The van der Waals surface area contributed by atoms with Crippen LogP contribution in [0.5, 0.6) is 0 Å². The zero-order valence-corrected chi connectivity index (χ0v) is 16.8. The van der Waals surface area contributed by atoms with Crippen molar-refractivity contribution in [3.63, 3.8) is 0 Å². The minimum atomic E-state index is -4.34. The molecule has 1 unspecified atom stereocenters. The summed E-state index contributed by atoms with van der Waals surface area (Å²) in [7, 11) is 0. The highest BCUT2D eigenvalue weighted by molar-refractivity contribution is 5.82. The van der Waals surface area contributed by atoms with Crippen LogP contribution in [0.25, 0.3) is 27.8 Å². The number of hydrogen-bond donors (Lipinski definition) is 0. The Morgan fingerprint density at radius 3 is 2.66 bits per heavy atom. The normalized spacial score (nSPS) is 21.1. The predicted octanol–water partition coefficient (Wildman–Crippen LogP) is 4.79. The molecule has 0 N–H and O–H groups in total. The molecule has 0 amide bonds. The quantitative estimate of drug-likeness (QED) is 0.463. The maximum Gasteiger partial charge on any atom is 0.408 e. The number of pyridine rings is 1. The molecule has 0 saturated heterocycles. The van der Waals surface area contributed by atoms with Crippen molar-refractivity contribution >= 4 is 10.9 Å². The maximum atomic E-state index is 12.6. The van der Waals surface area contributed by atoms with E-state index in [1.165, 1.54) is 12.4 Å². The van der Waals surface area contributed by atoms with Gasteiger partial charge in [0.2, 0.25) is 0 Å². The Labute approximate surface area is 180 Å². The Kier molecular flexibility index (Phi) is 3.68. The summed E-state index contributed by atoms with van der Waals surface area (Å²) in [6.07, 6.45) is 4.84. The molecular weight excluding hydrogens is 417 g/mol. The van der Waals surface area contributed by atoms with Gasteiger partial charge in [-0.2, -0.15) is 28.6 Å². The number of fused-ring (bicyclic) bond motifs is 1. The van der Waals surface area contributed by atoms with Gasteiger partial charge in [0.05, 0.1) is 40.8 Å². The topological polar surface area (TPSA) is 72.3 Å².